The Bertz CT molecular complexity index is 661. The molecule has 23 heavy (non-hydrogen) atoms. The van der Waals surface area contributed by atoms with Crippen molar-refractivity contribution in [3.05, 3.63) is 41.3 Å². The molecule has 7 heteroatoms. The number of nitrogens with zero attached hydrogens (tertiary/aromatic N) is 1. The lowest BCUT2D eigenvalue weighted by Crippen LogP contribution is -2.63. The number of ketones is 1. The van der Waals surface area contributed by atoms with Crippen molar-refractivity contribution in [1.82, 2.24) is 4.90 Å². The average molecular weight is 336 g/mol. The normalized spacial score (nSPS) is 26.4. The second-order valence-corrected chi connectivity index (χ2v) is 6.10. The highest BCUT2D eigenvalue weighted by molar-refractivity contribution is 6.30. The zero-order valence-electron chi connectivity index (χ0n) is 12.3. The average Bonchev–Trinajstić information content (AvgIpc) is 3.06. The Morgan fingerprint density at radius 1 is 1.39 bits per heavy atom. The number of fused-ring (bicyclic) bond motifs is 1. The van der Waals surface area contributed by atoms with E-state index in [1.807, 2.05) is 12.1 Å². The summed E-state index contributed by atoms with van der Waals surface area (Å²) in [5.41, 5.74) is 4.71. The third-order valence-corrected chi connectivity index (χ3v) is 4.67. The molecule has 2 saturated heterocycles. The number of rotatable bonds is 4. The van der Waals surface area contributed by atoms with Gasteiger partial charge in [0.1, 0.15) is 6.61 Å². The lowest BCUT2D eigenvalue weighted by atomic mass is 9.89. The van der Waals surface area contributed by atoms with Crippen LogP contribution in [-0.2, 0) is 25.5 Å². The van der Waals surface area contributed by atoms with Gasteiger partial charge in [-0.3, -0.25) is 14.4 Å². The number of carbonyl (C=O) groups is 3. The number of hydrogen-bond acceptors (Lipinski definition) is 4. The highest BCUT2D eigenvalue weighted by Gasteiger charge is 2.64. The minimum atomic E-state index is -1.65. The second kappa shape index (κ2) is 5.94. The first-order valence-corrected chi connectivity index (χ1v) is 7.68. The van der Waals surface area contributed by atoms with Gasteiger partial charge in [0.15, 0.2) is 5.78 Å². The number of ether oxygens (including phenoxy) is 1. The molecule has 0 spiro atoms. The molecule has 1 radical (unpaired) electrons. The Labute approximate surface area is 138 Å². The molecule has 0 aromatic heterocycles. The first-order chi connectivity index (χ1) is 11.0. The molecule has 6 nitrogen and oxygen atoms in total. The first kappa shape index (κ1) is 16.0. The molecular formula is C16H16ClN2O4. The molecule has 2 amide bonds. The second-order valence-electron chi connectivity index (χ2n) is 5.67. The van der Waals surface area contributed by atoms with E-state index in [4.69, 9.17) is 22.1 Å². The van der Waals surface area contributed by atoms with Crippen LogP contribution in [0.4, 0.5) is 0 Å². The zero-order valence-corrected chi connectivity index (χ0v) is 13.1. The molecule has 2 fully saturated rings. The van der Waals surface area contributed by atoms with Gasteiger partial charge in [-0.25, -0.2) is 0 Å². The van der Waals surface area contributed by atoms with Crippen LogP contribution in [0.5, 0.6) is 0 Å². The van der Waals surface area contributed by atoms with Gasteiger partial charge in [0.05, 0.1) is 12.5 Å². The quantitative estimate of drug-likeness (QED) is 0.812. The first-order valence-electron chi connectivity index (χ1n) is 7.30. The molecule has 2 atom stereocenters. The maximum Gasteiger partial charge on any atom is 0.254 e. The van der Waals surface area contributed by atoms with Gasteiger partial charge in [0.2, 0.25) is 11.4 Å². The fraction of sp³-hybridized carbons (Fsp3) is 0.375. The minimum absolute atomic E-state index is 0.186. The van der Waals surface area contributed by atoms with E-state index in [9.17, 15) is 14.4 Å². The van der Waals surface area contributed by atoms with Gasteiger partial charge in [-0.1, -0.05) is 23.7 Å². The molecule has 2 unspecified atom stereocenters. The molecule has 0 saturated carbocycles. The number of benzene rings is 1. The summed E-state index contributed by atoms with van der Waals surface area (Å²) in [6.45, 7) is 0.0872. The molecule has 0 bridgehead atoms. The van der Waals surface area contributed by atoms with Gasteiger partial charge in [-0.2, -0.15) is 0 Å². The molecule has 2 aliphatic heterocycles. The molecule has 2 heterocycles. The van der Waals surface area contributed by atoms with E-state index in [2.05, 4.69) is 0 Å². The lowest BCUT2D eigenvalue weighted by molar-refractivity contribution is -0.148. The van der Waals surface area contributed by atoms with E-state index in [1.54, 1.807) is 12.1 Å². The van der Waals surface area contributed by atoms with Gasteiger partial charge < -0.3 is 15.4 Å². The largest absolute Gasteiger partial charge is 0.367 e. The summed E-state index contributed by atoms with van der Waals surface area (Å²) >= 11 is 5.82. The van der Waals surface area contributed by atoms with Gasteiger partial charge >= 0.3 is 0 Å². The number of Topliss-reactive ketones (excluding diaryl/α,β-unsaturated/α-hetero) is 1. The molecule has 121 valence electrons. The van der Waals surface area contributed by atoms with Gasteiger partial charge in [-0.15, -0.1) is 0 Å². The van der Waals surface area contributed by atoms with Crippen LogP contribution in [0.1, 0.15) is 12.0 Å². The van der Waals surface area contributed by atoms with Crippen LogP contribution < -0.4 is 5.73 Å². The monoisotopic (exact) mass is 335 g/mol. The number of likely N-dealkylation sites (tertiary alicyclic amines) is 1. The van der Waals surface area contributed by atoms with Crippen molar-refractivity contribution in [2.45, 2.75) is 24.5 Å². The van der Waals surface area contributed by atoms with Crippen LogP contribution in [-0.4, -0.2) is 47.3 Å². The summed E-state index contributed by atoms with van der Waals surface area (Å²) in [5.74, 6) is -1.66. The Kier molecular flexibility index (Phi) is 4.12. The molecule has 1 aromatic carbocycles. The summed E-state index contributed by atoms with van der Waals surface area (Å²) in [6.07, 6.45) is 1.61. The van der Waals surface area contributed by atoms with Crippen molar-refractivity contribution in [3.8, 4) is 0 Å². The van der Waals surface area contributed by atoms with E-state index >= 15 is 0 Å². The predicted octanol–water partition coefficient (Wildman–Crippen LogP) is 0.511. The maximum absolute atomic E-state index is 12.5. The third-order valence-electron chi connectivity index (χ3n) is 4.41. The van der Waals surface area contributed by atoms with Crippen molar-refractivity contribution in [3.63, 3.8) is 0 Å². The SMILES string of the molecule is NC(=O)C12C(=O)COC1CCN2C(=O)[CH]Cc1ccc(Cl)cc1. The van der Waals surface area contributed by atoms with Crippen LogP contribution in [0, 0.1) is 6.42 Å². The predicted molar refractivity (Wildman–Crippen MR) is 82.5 cm³/mol. The third kappa shape index (κ3) is 2.52. The van der Waals surface area contributed by atoms with Crippen molar-refractivity contribution in [2.75, 3.05) is 13.2 Å². The number of halogens is 1. The Morgan fingerprint density at radius 2 is 2.09 bits per heavy atom. The van der Waals surface area contributed by atoms with Gasteiger partial charge in [0.25, 0.3) is 5.91 Å². The minimum Gasteiger partial charge on any atom is -0.367 e. The van der Waals surface area contributed by atoms with Crippen molar-refractivity contribution < 1.29 is 19.1 Å². The molecule has 2 aliphatic rings. The summed E-state index contributed by atoms with van der Waals surface area (Å²) in [7, 11) is 0. The number of carbonyl (C=O) groups excluding carboxylic acids is 3. The van der Waals surface area contributed by atoms with Crippen LogP contribution >= 0.6 is 11.6 Å². The standard InChI is InChI=1S/C16H16ClN2O4/c17-11-4-1-10(2-5-11)3-6-14(21)19-8-7-13-16(19,15(18)22)12(20)9-23-13/h1-2,4-6,13H,3,7-9H2,(H2,18,22). The number of amides is 2. The Balaban J connectivity index is 1.75. The fourth-order valence-electron chi connectivity index (χ4n) is 3.27. The molecular weight excluding hydrogens is 320 g/mol. The number of hydrogen-bond donors (Lipinski definition) is 1. The summed E-state index contributed by atoms with van der Waals surface area (Å²) in [6, 6.07) is 7.10. The smallest absolute Gasteiger partial charge is 0.254 e. The van der Waals surface area contributed by atoms with Crippen LogP contribution in [0.2, 0.25) is 5.02 Å². The molecule has 2 N–H and O–H groups in total. The van der Waals surface area contributed by atoms with E-state index in [1.165, 1.54) is 11.3 Å². The van der Waals surface area contributed by atoms with E-state index < -0.39 is 23.3 Å². The number of primary amides is 1. The zero-order chi connectivity index (χ0) is 16.6. The molecule has 3 rings (SSSR count). The van der Waals surface area contributed by atoms with E-state index in [0.29, 0.717) is 17.9 Å². The molecule has 0 aliphatic carbocycles. The van der Waals surface area contributed by atoms with E-state index in [-0.39, 0.29) is 19.1 Å². The van der Waals surface area contributed by atoms with Crippen LogP contribution in [0.25, 0.3) is 0 Å². The summed E-state index contributed by atoms with van der Waals surface area (Å²) < 4.78 is 5.34. The highest BCUT2D eigenvalue weighted by Crippen LogP contribution is 2.37. The van der Waals surface area contributed by atoms with Crippen molar-refractivity contribution >= 4 is 29.2 Å². The van der Waals surface area contributed by atoms with Crippen LogP contribution in [0.3, 0.4) is 0 Å². The highest BCUT2D eigenvalue weighted by atomic mass is 35.5. The topological polar surface area (TPSA) is 89.7 Å². The summed E-state index contributed by atoms with van der Waals surface area (Å²) in [4.78, 5) is 37.9. The van der Waals surface area contributed by atoms with Crippen LogP contribution in [0.15, 0.2) is 24.3 Å². The summed E-state index contributed by atoms with van der Waals surface area (Å²) in [5, 5.41) is 0.615. The Hall–Kier alpha value is -1.92. The molecule has 1 aromatic rings. The number of nitrogens with two attached hydrogens (primary N) is 1. The van der Waals surface area contributed by atoms with Gasteiger partial charge in [0, 0.05) is 11.6 Å². The van der Waals surface area contributed by atoms with Crippen molar-refractivity contribution in [1.29, 1.82) is 0 Å². The van der Waals surface area contributed by atoms with Crippen molar-refractivity contribution in [2.24, 2.45) is 5.73 Å². The van der Waals surface area contributed by atoms with Gasteiger partial charge in [-0.05, 0) is 30.5 Å². The fourth-order valence-corrected chi connectivity index (χ4v) is 3.40. The maximum atomic E-state index is 12.5. The Morgan fingerprint density at radius 3 is 2.74 bits per heavy atom. The van der Waals surface area contributed by atoms with E-state index in [0.717, 1.165) is 5.56 Å². The lowest BCUT2D eigenvalue weighted by Gasteiger charge is -2.32.